The molecule has 0 saturated heterocycles. The fourth-order valence-electron chi connectivity index (χ4n) is 1.81. The first-order valence-electron chi connectivity index (χ1n) is 5.07. The van der Waals surface area contributed by atoms with E-state index < -0.39 is 12.7 Å². The zero-order valence-electron chi connectivity index (χ0n) is 8.61. The highest BCUT2D eigenvalue weighted by Gasteiger charge is 2.26. The third kappa shape index (κ3) is 2.48. The van der Waals surface area contributed by atoms with Crippen molar-refractivity contribution in [3.63, 3.8) is 0 Å². The predicted molar refractivity (Wildman–Crippen MR) is 54.4 cm³/mol. The maximum Gasteiger partial charge on any atom is 0.345 e. The minimum atomic E-state index is -2.77. The summed E-state index contributed by atoms with van der Waals surface area (Å²) in [6.45, 7) is -2.91. The topological polar surface area (TPSA) is 44.5 Å². The van der Waals surface area contributed by atoms with Crippen LogP contribution < -0.4 is 10.5 Å². The van der Waals surface area contributed by atoms with Crippen molar-refractivity contribution in [2.75, 3.05) is 6.61 Å². The number of halogens is 2. The molecular formula is C11H13F2NO2. The Kier molecular flexibility index (Phi) is 3.36. The molecule has 2 atom stereocenters. The van der Waals surface area contributed by atoms with Crippen LogP contribution in [0.5, 0.6) is 5.75 Å². The zero-order valence-corrected chi connectivity index (χ0v) is 8.61. The summed E-state index contributed by atoms with van der Waals surface area (Å²) in [5.41, 5.74) is 6.83. The number of hydrogen-bond acceptors (Lipinski definition) is 3. The Hall–Kier alpha value is -1.20. The van der Waals surface area contributed by atoms with Gasteiger partial charge in [0.25, 0.3) is 0 Å². The van der Waals surface area contributed by atoms with Crippen LogP contribution in [0.25, 0.3) is 0 Å². The lowest BCUT2D eigenvalue weighted by Crippen LogP contribution is -2.33. The maximum absolute atomic E-state index is 11.9. The van der Waals surface area contributed by atoms with Crippen molar-refractivity contribution in [2.45, 2.75) is 25.2 Å². The highest BCUT2D eigenvalue weighted by molar-refractivity contribution is 5.37. The average molecular weight is 229 g/mol. The second-order valence-corrected chi connectivity index (χ2v) is 3.71. The highest BCUT2D eigenvalue weighted by Crippen LogP contribution is 2.33. The Morgan fingerprint density at radius 3 is 2.94 bits per heavy atom. The molecule has 0 fully saturated rings. The van der Waals surface area contributed by atoms with Crippen molar-refractivity contribution in [3.8, 4) is 5.75 Å². The van der Waals surface area contributed by atoms with Gasteiger partial charge in [-0.25, -0.2) is 0 Å². The molecule has 1 aliphatic heterocycles. The van der Waals surface area contributed by atoms with Crippen LogP contribution in [0.4, 0.5) is 8.78 Å². The summed E-state index contributed by atoms with van der Waals surface area (Å²) in [5.74, 6) is 0.657. The van der Waals surface area contributed by atoms with Gasteiger partial charge in [0, 0.05) is 18.0 Å². The first-order chi connectivity index (χ1) is 7.66. The van der Waals surface area contributed by atoms with E-state index in [1.54, 1.807) is 6.07 Å². The van der Waals surface area contributed by atoms with E-state index in [1.165, 1.54) is 0 Å². The number of hydrogen-bond donors (Lipinski definition) is 1. The number of rotatable bonds is 3. The summed E-state index contributed by atoms with van der Waals surface area (Å²) < 4.78 is 33.5. The van der Waals surface area contributed by atoms with Crippen molar-refractivity contribution >= 4 is 0 Å². The summed E-state index contributed by atoms with van der Waals surface area (Å²) in [4.78, 5) is 0. The van der Waals surface area contributed by atoms with Crippen LogP contribution in [-0.2, 0) is 4.74 Å². The molecule has 0 aromatic heterocycles. The van der Waals surface area contributed by atoms with E-state index in [0.717, 1.165) is 5.56 Å². The van der Waals surface area contributed by atoms with Gasteiger partial charge < -0.3 is 15.2 Å². The number of alkyl halides is 2. The largest absolute Gasteiger partial charge is 0.488 e. The lowest BCUT2D eigenvalue weighted by atomic mass is 9.98. The number of para-hydroxylation sites is 1. The molecule has 5 heteroatoms. The van der Waals surface area contributed by atoms with Crippen LogP contribution in [0.2, 0.25) is 0 Å². The lowest BCUT2D eigenvalue weighted by Gasteiger charge is -2.29. The molecule has 0 spiro atoms. The average Bonchev–Trinajstić information content (AvgIpc) is 2.26. The molecule has 0 unspecified atom stereocenters. The quantitative estimate of drug-likeness (QED) is 0.863. The molecule has 88 valence electrons. The number of nitrogens with two attached hydrogens (primary N) is 1. The van der Waals surface area contributed by atoms with Crippen LogP contribution in [0.1, 0.15) is 18.0 Å². The molecule has 1 aromatic rings. The summed E-state index contributed by atoms with van der Waals surface area (Å²) in [7, 11) is 0. The van der Waals surface area contributed by atoms with Gasteiger partial charge in [-0.15, -0.1) is 0 Å². The summed E-state index contributed by atoms with van der Waals surface area (Å²) in [6.07, 6.45) is 0.0860. The van der Waals surface area contributed by atoms with Gasteiger partial charge in [-0.2, -0.15) is 8.78 Å². The third-order valence-corrected chi connectivity index (χ3v) is 2.54. The summed E-state index contributed by atoms with van der Waals surface area (Å²) in [6, 6.07) is 7.17. The molecule has 2 N–H and O–H groups in total. The monoisotopic (exact) mass is 229 g/mol. The zero-order chi connectivity index (χ0) is 11.5. The molecule has 2 rings (SSSR count). The van der Waals surface area contributed by atoms with Gasteiger partial charge in [0.2, 0.25) is 0 Å². The van der Waals surface area contributed by atoms with Gasteiger partial charge in [0.05, 0.1) is 6.61 Å². The van der Waals surface area contributed by atoms with E-state index in [2.05, 4.69) is 4.74 Å². The van der Waals surface area contributed by atoms with E-state index in [-0.39, 0.29) is 12.6 Å². The van der Waals surface area contributed by atoms with E-state index in [0.29, 0.717) is 12.2 Å². The van der Waals surface area contributed by atoms with Gasteiger partial charge in [-0.05, 0) is 6.07 Å². The smallest absolute Gasteiger partial charge is 0.345 e. The van der Waals surface area contributed by atoms with Gasteiger partial charge in [0.1, 0.15) is 11.9 Å². The molecule has 1 aromatic carbocycles. The fourth-order valence-corrected chi connectivity index (χ4v) is 1.81. The first-order valence-corrected chi connectivity index (χ1v) is 5.07. The predicted octanol–water partition coefficient (Wildman–Crippen LogP) is 2.08. The van der Waals surface area contributed by atoms with E-state index in [1.807, 2.05) is 18.2 Å². The SMILES string of the molecule is N[C@H]1C[C@@H](COC(F)F)Oc2ccccc21. The van der Waals surface area contributed by atoms with Crippen molar-refractivity contribution in [1.82, 2.24) is 0 Å². The van der Waals surface area contributed by atoms with E-state index >= 15 is 0 Å². The molecule has 0 aliphatic carbocycles. The second kappa shape index (κ2) is 4.76. The van der Waals surface area contributed by atoms with Gasteiger partial charge in [-0.3, -0.25) is 0 Å². The first kappa shape index (κ1) is 11.3. The van der Waals surface area contributed by atoms with Gasteiger partial charge >= 0.3 is 6.61 Å². The highest BCUT2D eigenvalue weighted by atomic mass is 19.3. The molecule has 0 saturated carbocycles. The Labute approximate surface area is 92.1 Å². The number of benzene rings is 1. The minimum absolute atomic E-state index is 0.139. The Balaban J connectivity index is 2.03. The van der Waals surface area contributed by atoms with E-state index in [9.17, 15) is 8.78 Å². The van der Waals surface area contributed by atoms with Crippen molar-refractivity contribution in [1.29, 1.82) is 0 Å². The van der Waals surface area contributed by atoms with Gasteiger partial charge in [-0.1, -0.05) is 18.2 Å². The van der Waals surface area contributed by atoms with Crippen LogP contribution in [0.15, 0.2) is 24.3 Å². The number of fused-ring (bicyclic) bond motifs is 1. The molecule has 1 heterocycles. The van der Waals surface area contributed by atoms with Crippen molar-refractivity contribution in [3.05, 3.63) is 29.8 Å². The van der Waals surface area contributed by atoms with Gasteiger partial charge in [0.15, 0.2) is 0 Å². The molecule has 0 bridgehead atoms. The molecule has 16 heavy (non-hydrogen) atoms. The third-order valence-electron chi connectivity index (χ3n) is 2.54. The van der Waals surface area contributed by atoms with Crippen molar-refractivity contribution < 1.29 is 18.3 Å². The second-order valence-electron chi connectivity index (χ2n) is 3.71. The molecule has 3 nitrogen and oxygen atoms in total. The summed E-state index contributed by atoms with van der Waals surface area (Å²) >= 11 is 0. The molecule has 0 amide bonds. The van der Waals surface area contributed by atoms with Crippen LogP contribution in [0.3, 0.4) is 0 Å². The Morgan fingerprint density at radius 2 is 2.19 bits per heavy atom. The van der Waals surface area contributed by atoms with Crippen LogP contribution in [0, 0.1) is 0 Å². The normalized spacial score (nSPS) is 24.0. The Morgan fingerprint density at radius 1 is 1.44 bits per heavy atom. The van der Waals surface area contributed by atoms with Crippen LogP contribution >= 0.6 is 0 Å². The van der Waals surface area contributed by atoms with E-state index in [4.69, 9.17) is 10.5 Å². The molecular weight excluding hydrogens is 216 g/mol. The maximum atomic E-state index is 11.9. The van der Waals surface area contributed by atoms with Crippen LogP contribution in [-0.4, -0.2) is 19.3 Å². The summed E-state index contributed by atoms with van der Waals surface area (Å²) in [5, 5.41) is 0. The fraction of sp³-hybridized carbons (Fsp3) is 0.455. The standard InChI is InChI=1S/C11H13F2NO2/c12-11(13)15-6-7-5-9(14)8-3-1-2-4-10(8)16-7/h1-4,7,9,11H,5-6,14H2/t7-,9-/m0/s1. The van der Waals surface area contributed by atoms with Crippen molar-refractivity contribution in [2.24, 2.45) is 5.73 Å². The minimum Gasteiger partial charge on any atom is -0.488 e. The number of ether oxygens (including phenoxy) is 2. The lowest BCUT2D eigenvalue weighted by molar-refractivity contribution is -0.146. The Bertz CT molecular complexity index is 360. The molecule has 0 radical (unpaired) electrons. The molecule has 1 aliphatic rings.